The molecule has 0 atom stereocenters. The summed E-state index contributed by atoms with van der Waals surface area (Å²) in [6.07, 6.45) is 4.50. The van der Waals surface area contributed by atoms with E-state index in [2.05, 4.69) is 16.6 Å². The Morgan fingerprint density at radius 1 is 1.03 bits per heavy atom. The van der Waals surface area contributed by atoms with Crippen molar-refractivity contribution in [2.45, 2.75) is 25.2 Å². The van der Waals surface area contributed by atoms with Gasteiger partial charge in [-0.1, -0.05) is 49.4 Å². The number of aromatic nitrogens is 2. The lowest BCUT2D eigenvalue weighted by Crippen LogP contribution is -2.14. The normalized spacial score (nSPS) is 11.3. The Morgan fingerprint density at radius 3 is 2.44 bits per heavy atom. The highest BCUT2D eigenvalue weighted by molar-refractivity contribution is 7.92. The van der Waals surface area contributed by atoms with E-state index in [1.54, 1.807) is 43.8 Å². The molecule has 1 aromatic heterocycles. The number of sulfonamides is 1. The number of benzene rings is 3. The zero-order valence-corrected chi connectivity index (χ0v) is 19.1. The SMILES string of the molecule is CCc1ccc(-c2ccccc2S(=O)(=O)Nc2ccc(-n3cnc(C)c3)c(OC)c2)cc1. The molecule has 7 heteroatoms. The molecule has 0 fully saturated rings. The molecule has 0 bridgehead atoms. The lowest BCUT2D eigenvalue weighted by Gasteiger charge is -2.15. The van der Waals surface area contributed by atoms with Crippen LogP contribution in [-0.4, -0.2) is 25.1 Å². The van der Waals surface area contributed by atoms with Gasteiger partial charge in [0, 0.05) is 17.8 Å². The monoisotopic (exact) mass is 447 g/mol. The van der Waals surface area contributed by atoms with E-state index >= 15 is 0 Å². The van der Waals surface area contributed by atoms with Gasteiger partial charge in [0.1, 0.15) is 5.75 Å². The highest BCUT2D eigenvalue weighted by Crippen LogP contribution is 2.31. The number of rotatable bonds is 7. The van der Waals surface area contributed by atoms with Crippen LogP contribution in [-0.2, 0) is 16.4 Å². The number of nitrogens with one attached hydrogen (secondary N) is 1. The maximum Gasteiger partial charge on any atom is 0.262 e. The van der Waals surface area contributed by atoms with E-state index in [1.807, 2.05) is 54.1 Å². The lowest BCUT2D eigenvalue weighted by molar-refractivity contribution is 0.413. The Hall–Kier alpha value is -3.58. The third kappa shape index (κ3) is 4.38. The summed E-state index contributed by atoms with van der Waals surface area (Å²) >= 11 is 0. The number of hydrogen-bond acceptors (Lipinski definition) is 4. The van der Waals surface area contributed by atoms with Crippen LogP contribution in [0.2, 0.25) is 0 Å². The average molecular weight is 448 g/mol. The molecule has 0 aliphatic heterocycles. The van der Waals surface area contributed by atoms with E-state index in [0.29, 0.717) is 17.0 Å². The van der Waals surface area contributed by atoms with Crippen LogP contribution in [0.15, 0.2) is 84.1 Å². The number of hydrogen-bond donors (Lipinski definition) is 1. The van der Waals surface area contributed by atoms with E-state index in [1.165, 1.54) is 5.56 Å². The molecule has 1 heterocycles. The molecule has 0 radical (unpaired) electrons. The van der Waals surface area contributed by atoms with Gasteiger partial charge in [0.25, 0.3) is 10.0 Å². The van der Waals surface area contributed by atoms with Crippen molar-refractivity contribution in [2.24, 2.45) is 0 Å². The van der Waals surface area contributed by atoms with Crippen LogP contribution in [0.5, 0.6) is 5.75 Å². The maximum absolute atomic E-state index is 13.3. The van der Waals surface area contributed by atoms with Crippen LogP contribution >= 0.6 is 0 Å². The van der Waals surface area contributed by atoms with Crippen molar-refractivity contribution in [1.29, 1.82) is 0 Å². The highest BCUT2D eigenvalue weighted by Gasteiger charge is 2.20. The number of anilines is 1. The molecule has 0 aliphatic rings. The first-order valence-electron chi connectivity index (χ1n) is 10.3. The quantitative estimate of drug-likeness (QED) is 0.422. The minimum atomic E-state index is -3.83. The molecule has 0 spiro atoms. The van der Waals surface area contributed by atoms with E-state index in [9.17, 15) is 8.42 Å². The van der Waals surface area contributed by atoms with Crippen molar-refractivity contribution in [3.05, 3.63) is 90.5 Å². The molecule has 6 nitrogen and oxygen atoms in total. The minimum Gasteiger partial charge on any atom is -0.494 e. The summed E-state index contributed by atoms with van der Waals surface area (Å²) < 4.78 is 36.6. The second-order valence-electron chi connectivity index (χ2n) is 7.46. The van der Waals surface area contributed by atoms with Gasteiger partial charge in [-0.3, -0.25) is 4.72 Å². The van der Waals surface area contributed by atoms with E-state index < -0.39 is 10.0 Å². The predicted molar refractivity (Wildman–Crippen MR) is 127 cm³/mol. The van der Waals surface area contributed by atoms with Crippen LogP contribution in [0.1, 0.15) is 18.2 Å². The third-order valence-corrected chi connectivity index (χ3v) is 6.71. The Labute approximate surface area is 188 Å². The number of nitrogens with zero attached hydrogens (tertiary/aromatic N) is 2. The second-order valence-corrected chi connectivity index (χ2v) is 9.11. The van der Waals surface area contributed by atoms with E-state index in [-0.39, 0.29) is 4.90 Å². The van der Waals surface area contributed by atoms with Crippen LogP contribution in [0.3, 0.4) is 0 Å². The van der Waals surface area contributed by atoms with Crippen LogP contribution in [0.25, 0.3) is 16.8 Å². The van der Waals surface area contributed by atoms with Gasteiger partial charge in [-0.05, 0) is 42.7 Å². The topological polar surface area (TPSA) is 73.2 Å². The van der Waals surface area contributed by atoms with Gasteiger partial charge >= 0.3 is 0 Å². The van der Waals surface area contributed by atoms with Crippen molar-refractivity contribution in [2.75, 3.05) is 11.8 Å². The van der Waals surface area contributed by atoms with Gasteiger partial charge < -0.3 is 9.30 Å². The van der Waals surface area contributed by atoms with Gasteiger partial charge in [0.05, 0.1) is 35.4 Å². The number of imidazole rings is 1. The molecule has 4 rings (SSSR count). The Bertz CT molecular complexity index is 1340. The molecule has 0 aliphatic carbocycles. The molecular formula is C25H25N3O3S. The van der Waals surface area contributed by atoms with Crippen molar-refractivity contribution < 1.29 is 13.2 Å². The summed E-state index contributed by atoms with van der Waals surface area (Å²) in [7, 11) is -2.28. The summed E-state index contributed by atoms with van der Waals surface area (Å²) in [6, 6.07) is 20.1. The summed E-state index contributed by atoms with van der Waals surface area (Å²) in [5, 5.41) is 0. The smallest absolute Gasteiger partial charge is 0.262 e. The van der Waals surface area contributed by atoms with Gasteiger partial charge in [0.2, 0.25) is 0 Å². The maximum atomic E-state index is 13.3. The summed E-state index contributed by atoms with van der Waals surface area (Å²) in [4.78, 5) is 4.46. The fourth-order valence-corrected chi connectivity index (χ4v) is 4.86. The van der Waals surface area contributed by atoms with Crippen LogP contribution < -0.4 is 9.46 Å². The largest absolute Gasteiger partial charge is 0.494 e. The van der Waals surface area contributed by atoms with Crippen molar-refractivity contribution in [1.82, 2.24) is 9.55 Å². The first-order chi connectivity index (χ1) is 15.4. The standard InChI is InChI=1S/C25H25N3O3S/c1-4-19-9-11-20(12-10-19)22-7-5-6-8-25(22)32(29,30)27-21-13-14-23(24(15-21)31-3)28-16-18(2)26-17-28/h5-17,27H,4H2,1-3H3. The molecular weight excluding hydrogens is 422 g/mol. The summed E-state index contributed by atoms with van der Waals surface area (Å²) in [5.74, 6) is 0.533. The van der Waals surface area contributed by atoms with Crippen LogP contribution in [0.4, 0.5) is 5.69 Å². The molecule has 0 amide bonds. The predicted octanol–water partition coefficient (Wildman–Crippen LogP) is 5.22. The Morgan fingerprint density at radius 2 is 1.78 bits per heavy atom. The molecule has 32 heavy (non-hydrogen) atoms. The minimum absolute atomic E-state index is 0.220. The Kier molecular flexibility index (Phi) is 6.01. The van der Waals surface area contributed by atoms with Gasteiger partial charge in [0.15, 0.2) is 0 Å². The molecule has 0 saturated carbocycles. The first-order valence-corrected chi connectivity index (χ1v) is 11.8. The van der Waals surface area contributed by atoms with Gasteiger partial charge in [-0.2, -0.15) is 0 Å². The highest BCUT2D eigenvalue weighted by atomic mass is 32.2. The molecule has 164 valence electrons. The fourth-order valence-electron chi connectivity index (χ4n) is 3.58. The van der Waals surface area contributed by atoms with Crippen molar-refractivity contribution in [3.63, 3.8) is 0 Å². The number of ether oxygens (including phenoxy) is 1. The van der Waals surface area contributed by atoms with E-state index in [4.69, 9.17) is 4.74 Å². The number of methoxy groups -OCH3 is 1. The molecule has 0 saturated heterocycles. The molecule has 1 N–H and O–H groups in total. The summed E-state index contributed by atoms with van der Waals surface area (Å²) in [6.45, 7) is 3.99. The average Bonchev–Trinajstić information content (AvgIpc) is 3.24. The van der Waals surface area contributed by atoms with Crippen molar-refractivity contribution in [3.8, 4) is 22.6 Å². The van der Waals surface area contributed by atoms with Crippen molar-refractivity contribution >= 4 is 15.7 Å². The van der Waals surface area contributed by atoms with Crippen LogP contribution in [0, 0.1) is 6.92 Å². The summed E-state index contributed by atoms with van der Waals surface area (Å²) in [5.41, 5.74) is 4.77. The molecule has 4 aromatic rings. The molecule has 3 aromatic carbocycles. The zero-order chi connectivity index (χ0) is 22.7. The second kappa shape index (κ2) is 8.88. The Balaban J connectivity index is 1.68. The first kappa shape index (κ1) is 21.6. The lowest BCUT2D eigenvalue weighted by atomic mass is 10.0. The van der Waals surface area contributed by atoms with E-state index in [0.717, 1.165) is 23.4 Å². The van der Waals surface area contributed by atoms with Gasteiger partial charge in [-0.15, -0.1) is 0 Å². The van der Waals surface area contributed by atoms with Gasteiger partial charge in [-0.25, -0.2) is 13.4 Å². The number of aryl methyl sites for hydroxylation is 2. The third-order valence-electron chi connectivity index (χ3n) is 5.27. The molecule has 0 unspecified atom stereocenters. The zero-order valence-electron chi connectivity index (χ0n) is 18.2. The fraction of sp³-hybridized carbons (Fsp3) is 0.160.